The van der Waals surface area contributed by atoms with Crippen LogP contribution in [-0.2, 0) is 16.1 Å². The molecule has 5 nitrogen and oxygen atoms in total. The van der Waals surface area contributed by atoms with E-state index in [0.717, 1.165) is 24.9 Å². The lowest BCUT2D eigenvalue weighted by Gasteiger charge is -2.34. The number of amides is 1. The van der Waals surface area contributed by atoms with Gasteiger partial charge in [0.05, 0.1) is 13.2 Å². The van der Waals surface area contributed by atoms with Crippen LogP contribution in [0.5, 0.6) is 0 Å². The Morgan fingerprint density at radius 2 is 2.27 bits per heavy atom. The van der Waals surface area contributed by atoms with Crippen molar-refractivity contribution in [2.24, 2.45) is 5.92 Å². The SMILES string of the molecule is CC(C)(C)OC(=O)N1CCC[C@@H](COCc2cccnc2)C1. The summed E-state index contributed by atoms with van der Waals surface area (Å²) in [5, 5.41) is 0. The van der Waals surface area contributed by atoms with E-state index in [2.05, 4.69) is 4.98 Å². The van der Waals surface area contributed by atoms with Crippen LogP contribution in [0.3, 0.4) is 0 Å². The first kappa shape index (κ1) is 16.7. The number of hydrogen-bond acceptors (Lipinski definition) is 4. The highest BCUT2D eigenvalue weighted by Crippen LogP contribution is 2.20. The molecule has 1 fully saturated rings. The Morgan fingerprint density at radius 3 is 2.95 bits per heavy atom. The van der Waals surface area contributed by atoms with Crippen LogP contribution in [0.4, 0.5) is 4.79 Å². The minimum Gasteiger partial charge on any atom is -0.444 e. The lowest BCUT2D eigenvalue weighted by atomic mass is 9.99. The third-order valence-corrected chi connectivity index (χ3v) is 3.52. The fourth-order valence-corrected chi connectivity index (χ4v) is 2.52. The van der Waals surface area contributed by atoms with Crippen molar-refractivity contribution in [1.82, 2.24) is 9.88 Å². The van der Waals surface area contributed by atoms with Crippen LogP contribution in [0.15, 0.2) is 24.5 Å². The van der Waals surface area contributed by atoms with E-state index in [1.807, 2.05) is 39.1 Å². The maximum Gasteiger partial charge on any atom is 0.410 e. The highest BCUT2D eigenvalue weighted by molar-refractivity contribution is 5.68. The highest BCUT2D eigenvalue weighted by Gasteiger charge is 2.27. The zero-order valence-corrected chi connectivity index (χ0v) is 13.7. The van der Waals surface area contributed by atoms with Gasteiger partial charge in [-0.2, -0.15) is 0 Å². The molecule has 1 saturated heterocycles. The van der Waals surface area contributed by atoms with Gasteiger partial charge in [-0.05, 0) is 45.2 Å². The Labute approximate surface area is 132 Å². The van der Waals surface area contributed by atoms with Crippen LogP contribution in [0.1, 0.15) is 39.2 Å². The van der Waals surface area contributed by atoms with Gasteiger partial charge in [0, 0.05) is 31.4 Å². The van der Waals surface area contributed by atoms with Crippen molar-refractivity contribution in [2.75, 3.05) is 19.7 Å². The van der Waals surface area contributed by atoms with Gasteiger partial charge >= 0.3 is 6.09 Å². The molecule has 0 aromatic carbocycles. The molecule has 0 radical (unpaired) electrons. The molecule has 1 aromatic rings. The number of hydrogen-bond donors (Lipinski definition) is 0. The van der Waals surface area contributed by atoms with E-state index in [-0.39, 0.29) is 6.09 Å². The lowest BCUT2D eigenvalue weighted by Crippen LogP contribution is -2.43. The molecule has 22 heavy (non-hydrogen) atoms. The third-order valence-electron chi connectivity index (χ3n) is 3.52. The minimum atomic E-state index is -0.444. The van der Waals surface area contributed by atoms with E-state index in [1.54, 1.807) is 11.1 Å². The summed E-state index contributed by atoms with van der Waals surface area (Å²) in [5.74, 6) is 0.373. The molecule has 0 bridgehead atoms. The molecular weight excluding hydrogens is 280 g/mol. The van der Waals surface area contributed by atoms with Crippen molar-refractivity contribution in [3.05, 3.63) is 30.1 Å². The fourth-order valence-electron chi connectivity index (χ4n) is 2.52. The second-order valence-electron chi connectivity index (χ2n) is 6.81. The quantitative estimate of drug-likeness (QED) is 0.857. The van der Waals surface area contributed by atoms with Gasteiger partial charge in [-0.15, -0.1) is 0 Å². The van der Waals surface area contributed by atoms with E-state index in [4.69, 9.17) is 9.47 Å². The van der Waals surface area contributed by atoms with E-state index < -0.39 is 5.60 Å². The highest BCUT2D eigenvalue weighted by atomic mass is 16.6. The average molecular weight is 306 g/mol. The largest absolute Gasteiger partial charge is 0.444 e. The molecule has 1 aromatic heterocycles. The first-order chi connectivity index (χ1) is 10.4. The van der Waals surface area contributed by atoms with Gasteiger partial charge in [-0.1, -0.05) is 6.07 Å². The van der Waals surface area contributed by atoms with Gasteiger partial charge in [0.2, 0.25) is 0 Å². The first-order valence-corrected chi connectivity index (χ1v) is 7.88. The molecule has 1 atom stereocenters. The molecule has 5 heteroatoms. The topological polar surface area (TPSA) is 51.7 Å². The molecule has 1 aliphatic rings. The predicted molar refractivity (Wildman–Crippen MR) is 84.4 cm³/mol. The molecule has 1 amide bonds. The molecule has 0 aliphatic carbocycles. The summed E-state index contributed by atoms with van der Waals surface area (Å²) in [5.41, 5.74) is 0.628. The van der Waals surface area contributed by atoms with Crippen molar-refractivity contribution in [3.63, 3.8) is 0 Å². The van der Waals surface area contributed by atoms with Crippen LogP contribution in [0, 0.1) is 5.92 Å². The van der Waals surface area contributed by atoms with Crippen LogP contribution in [0.2, 0.25) is 0 Å². The number of carbonyl (C=O) groups is 1. The first-order valence-electron chi connectivity index (χ1n) is 7.88. The number of rotatable bonds is 4. The summed E-state index contributed by atoms with van der Waals surface area (Å²) in [6.07, 6.45) is 5.44. The Balaban J connectivity index is 1.75. The summed E-state index contributed by atoms with van der Waals surface area (Å²) in [7, 11) is 0. The molecule has 122 valence electrons. The molecule has 1 aliphatic heterocycles. The van der Waals surface area contributed by atoms with Crippen molar-refractivity contribution < 1.29 is 14.3 Å². The summed E-state index contributed by atoms with van der Waals surface area (Å²) < 4.78 is 11.2. The van der Waals surface area contributed by atoms with E-state index in [1.165, 1.54) is 0 Å². The normalized spacial score (nSPS) is 19.0. The number of carbonyl (C=O) groups excluding carboxylic acids is 1. The number of pyridine rings is 1. The van der Waals surface area contributed by atoms with Gasteiger partial charge < -0.3 is 14.4 Å². The van der Waals surface area contributed by atoms with E-state index >= 15 is 0 Å². The van der Waals surface area contributed by atoms with Crippen molar-refractivity contribution >= 4 is 6.09 Å². The zero-order chi connectivity index (χ0) is 16.0. The van der Waals surface area contributed by atoms with Crippen LogP contribution < -0.4 is 0 Å². The van der Waals surface area contributed by atoms with Crippen LogP contribution in [-0.4, -0.2) is 41.3 Å². The molecule has 0 saturated carbocycles. The second-order valence-corrected chi connectivity index (χ2v) is 6.81. The molecule has 0 spiro atoms. The standard InChI is InChI=1S/C17H26N2O3/c1-17(2,3)22-16(20)19-9-5-7-15(11-19)13-21-12-14-6-4-8-18-10-14/h4,6,8,10,15H,5,7,9,11-13H2,1-3H3/t15-/m1/s1. The number of ether oxygens (including phenoxy) is 2. The number of piperidine rings is 1. The summed E-state index contributed by atoms with van der Waals surface area (Å²) in [6, 6.07) is 3.91. The monoisotopic (exact) mass is 306 g/mol. The smallest absolute Gasteiger partial charge is 0.410 e. The maximum atomic E-state index is 12.1. The lowest BCUT2D eigenvalue weighted by molar-refractivity contribution is 0.00591. The number of likely N-dealkylation sites (tertiary alicyclic amines) is 1. The van der Waals surface area contributed by atoms with Crippen molar-refractivity contribution in [3.8, 4) is 0 Å². The van der Waals surface area contributed by atoms with Gasteiger partial charge in [-0.25, -0.2) is 4.79 Å². The predicted octanol–water partition coefficient (Wildman–Crippen LogP) is 3.25. The molecule has 0 unspecified atom stereocenters. The molecule has 0 N–H and O–H groups in total. The van der Waals surface area contributed by atoms with E-state index in [0.29, 0.717) is 25.7 Å². The minimum absolute atomic E-state index is 0.218. The maximum absolute atomic E-state index is 12.1. The van der Waals surface area contributed by atoms with E-state index in [9.17, 15) is 4.79 Å². The Kier molecular flexibility index (Phi) is 5.77. The number of aromatic nitrogens is 1. The van der Waals surface area contributed by atoms with Gasteiger partial charge in [0.1, 0.15) is 5.60 Å². The fraction of sp³-hybridized carbons (Fsp3) is 0.647. The molecular formula is C17H26N2O3. The zero-order valence-electron chi connectivity index (χ0n) is 13.7. The van der Waals surface area contributed by atoms with Gasteiger partial charge in [0.15, 0.2) is 0 Å². The average Bonchev–Trinajstić information content (AvgIpc) is 2.47. The van der Waals surface area contributed by atoms with Gasteiger partial charge in [0.25, 0.3) is 0 Å². The summed E-state index contributed by atoms with van der Waals surface area (Å²) >= 11 is 0. The summed E-state index contributed by atoms with van der Waals surface area (Å²) in [6.45, 7) is 8.39. The third kappa shape index (κ3) is 5.64. The van der Waals surface area contributed by atoms with Gasteiger partial charge in [-0.3, -0.25) is 4.98 Å². The summed E-state index contributed by atoms with van der Waals surface area (Å²) in [4.78, 5) is 18.0. The van der Waals surface area contributed by atoms with Crippen LogP contribution in [0.25, 0.3) is 0 Å². The van der Waals surface area contributed by atoms with Crippen molar-refractivity contribution in [2.45, 2.75) is 45.8 Å². The number of nitrogens with zero attached hydrogens (tertiary/aromatic N) is 2. The second kappa shape index (κ2) is 7.58. The Morgan fingerprint density at radius 1 is 1.45 bits per heavy atom. The Hall–Kier alpha value is -1.62. The molecule has 2 rings (SSSR count). The van der Waals surface area contributed by atoms with Crippen molar-refractivity contribution in [1.29, 1.82) is 0 Å². The Bertz CT molecular complexity index is 471. The van der Waals surface area contributed by atoms with Crippen LogP contribution >= 0.6 is 0 Å². The molecule has 2 heterocycles.